The zero-order chi connectivity index (χ0) is 17.1. The number of nitrogens with zero attached hydrogens (tertiary/aromatic N) is 3. The van der Waals surface area contributed by atoms with Crippen LogP contribution in [0.15, 0.2) is 18.2 Å². The molecule has 0 radical (unpaired) electrons. The van der Waals surface area contributed by atoms with Crippen LogP contribution in [0.4, 0.5) is 15.8 Å². The minimum Gasteiger partial charge on any atom is -0.366 e. The summed E-state index contributed by atoms with van der Waals surface area (Å²) in [5.74, 6) is 0.900. The van der Waals surface area contributed by atoms with Gasteiger partial charge < -0.3 is 9.80 Å². The van der Waals surface area contributed by atoms with E-state index in [0.29, 0.717) is 11.6 Å². The number of nitro benzene ring substituents is 1. The number of benzene rings is 1. The van der Waals surface area contributed by atoms with Crippen LogP contribution >= 0.6 is 0 Å². The van der Waals surface area contributed by atoms with E-state index >= 15 is 0 Å². The van der Waals surface area contributed by atoms with Gasteiger partial charge >= 0.3 is 0 Å². The lowest BCUT2D eigenvalue weighted by atomic mass is 9.94. The van der Waals surface area contributed by atoms with Crippen molar-refractivity contribution in [3.8, 4) is 0 Å². The summed E-state index contributed by atoms with van der Waals surface area (Å²) in [6, 6.07) is 3.75. The summed E-state index contributed by atoms with van der Waals surface area (Å²) in [6.07, 6.45) is 4.66. The summed E-state index contributed by atoms with van der Waals surface area (Å²) in [6.45, 7) is 7.19. The van der Waals surface area contributed by atoms with Gasteiger partial charge in [-0.3, -0.25) is 10.1 Å². The Kier molecular flexibility index (Phi) is 5.33. The van der Waals surface area contributed by atoms with Gasteiger partial charge in [-0.1, -0.05) is 6.92 Å². The van der Waals surface area contributed by atoms with Crippen LogP contribution in [0.5, 0.6) is 0 Å². The van der Waals surface area contributed by atoms with Crippen molar-refractivity contribution in [2.24, 2.45) is 11.8 Å². The first-order valence-electron chi connectivity index (χ1n) is 8.94. The highest BCUT2D eigenvalue weighted by Gasteiger charge is 2.28. The van der Waals surface area contributed by atoms with Crippen LogP contribution in [0.25, 0.3) is 0 Å². The summed E-state index contributed by atoms with van der Waals surface area (Å²) in [5.41, 5.74) is 0.431. The zero-order valence-electron chi connectivity index (χ0n) is 14.3. The number of hydrogen-bond acceptors (Lipinski definition) is 4. The quantitative estimate of drug-likeness (QED) is 0.622. The molecule has 1 aromatic rings. The molecule has 0 amide bonds. The molecule has 0 N–H and O–H groups in total. The smallest absolute Gasteiger partial charge is 0.292 e. The van der Waals surface area contributed by atoms with Crippen LogP contribution in [0.2, 0.25) is 0 Å². The number of nitro groups is 1. The number of hydrogen-bond donors (Lipinski definition) is 0. The molecule has 6 heteroatoms. The van der Waals surface area contributed by atoms with E-state index in [1.807, 2.05) is 4.90 Å². The van der Waals surface area contributed by atoms with E-state index in [-0.39, 0.29) is 5.69 Å². The van der Waals surface area contributed by atoms with Crippen molar-refractivity contribution in [3.05, 3.63) is 34.1 Å². The Hall–Kier alpha value is -1.69. The molecular formula is C18H26FN3O2. The molecule has 2 aliphatic heterocycles. The number of halogens is 1. The van der Waals surface area contributed by atoms with Crippen molar-refractivity contribution in [1.29, 1.82) is 0 Å². The van der Waals surface area contributed by atoms with Crippen LogP contribution in [0.3, 0.4) is 0 Å². The second-order valence-electron chi connectivity index (χ2n) is 7.33. The number of rotatable bonds is 4. The summed E-state index contributed by atoms with van der Waals surface area (Å²) in [7, 11) is 0. The molecule has 0 aliphatic carbocycles. The molecule has 2 aliphatic rings. The number of piperidine rings is 2. The second-order valence-corrected chi connectivity index (χ2v) is 7.33. The van der Waals surface area contributed by atoms with E-state index in [1.165, 1.54) is 25.0 Å². The van der Waals surface area contributed by atoms with Gasteiger partial charge in [0.1, 0.15) is 11.5 Å². The van der Waals surface area contributed by atoms with E-state index in [1.54, 1.807) is 0 Å². The normalized spacial score (nSPS) is 23.4. The molecule has 1 aromatic carbocycles. The van der Waals surface area contributed by atoms with Crippen molar-refractivity contribution in [3.63, 3.8) is 0 Å². The fourth-order valence-corrected chi connectivity index (χ4v) is 3.95. The molecule has 0 aromatic heterocycles. The topological polar surface area (TPSA) is 49.6 Å². The maximum Gasteiger partial charge on any atom is 0.292 e. The monoisotopic (exact) mass is 335 g/mol. The van der Waals surface area contributed by atoms with Crippen molar-refractivity contribution in [2.75, 3.05) is 37.6 Å². The van der Waals surface area contributed by atoms with Crippen LogP contribution in [-0.4, -0.2) is 42.5 Å². The Balaban J connectivity index is 1.67. The average molecular weight is 335 g/mol. The first-order valence-corrected chi connectivity index (χ1v) is 8.94. The van der Waals surface area contributed by atoms with Crippen molar-refractivity contribution < 1.29 is 9.31 Å². The van der Waals surface area contributed by atoms with Crippen LogP contribution < -0.4 is 4.90 Å². The Labute approximate surface area is 142 Å². The van der Waals surface area contributed by atoms with Gasteiger partial charge in [0.25, 0.3) is 5.69 Å². The second kappa shape index (κ2) is 7.47. The first-order chi connectivity index (χ1) is 11.5. The van der Waals surface area contributed by atoms with E-state index in [4.69, 9.17) is 0 Å². The lowest BCUT2D eigenvalue weighted by Gasteiger charge is -2.38. The molecular weight excluding hydrogens is 309 g/mol. The van der Waals surface area contributed by atoms with Gasteiger partial charge in [0.2, 0.25) is 0 Å². The van der Waals surface area contributed by atoms with Crippen LogP contribution in [-0.2, 0) is 0 Å². The minimum absolute atomic E-state index is 0.00356. The molecule has 0 saturated carbocycles. The molecule has 2 heterocycles. The standard InChI is InChI=1S/C18H26FN3O2/c1-14-6-9-20(10-7-14)12-15-3-2-8-21(13-15)18-11-16(19)4-5-17(18)22(23)24/h4-5,11,14-15H,2-3,6-10,12-13H2,1H3. The fraction of sp³-hybridized carbons (Fsp3) is 0.667. The van der Waals surface area contributed by atoms with Crippen molar-refractivity contribution in [1.82, 2.24) is 4.90 Å². The molecule has 132 valence electrons. The third kappa shape index (κ3) is 4.04. The molecule has 1 atom stereocenters. The van der Waals surface area contributed by atoms with Gasteiger partial charge in [-0.05, 0) is 56.7 Å². The number of likely N-dealkylation sites (tertiary alicyclic amines) is 1. The SMILES string of the molecule is CC1CCN(CC2CCCN(c3cc(F)ccc3[N+](=O)[O-])C2)CC1. The molecule has 1 unspecified atom stereocenters. The summed E-state index contributed by atoms with van der Waals surface area (Å²) in [5, 5.41) is 11.3. The Bertz CT molecular complexity index is 588. The maximum atomic E-state index is 13.6. The summed E-state index contributed by atoms with van der Waals surface area (Å²) >= 11 is 0. The fourth-order valence-electron chi connectivity index (χ4n) is 3.95. The molecule has 2 fully saturated rings. The predicted octanol–water partition coefficient (Wildman–Crippen LogP) is 3.68. The highest BCUT2D eigenvalue weighted by molar-refractivity contribution is 5.63. The zero-order valence-corrected chi connectivity index (χ0v) is 14.3. The lowest BCUT2D eigenvalue weighted by molar-refractivity contribution is -0.384. The van der Waals surface area contributed by atoms with E-state index in [9.17, 15) is 14.5 Å². The highest BCUT2D eigenvalue weighted by Crippen LogP contribution is 2.32. The third-order valence-corrected chi connectivity index (χ3v) is 5.39. The number of anilines is 1. The van der Waals surface area contributed by atoms with Crippen molar-refractivity contribution >= 4 is 11.4 Å². The van der Waals surface area contributed by atoms with Crippen molar-refractivity contribution in [2.45, 2.75) is 32.6 Å². The highest BCUT2D eigenvalue weighted by atomic mass is 19.1. The van der Waals surface area contributed by atoms with Gasteiger partial charge in [-0.15, -0.1) is 0 Å². The van der Waals surface area contributed by atoms with E-state index in [2.05, 4.69) is 11.8 Å². The van der Waals surface area contributed by atoms with E-state index in [0.717, 1.165) is 57.5 Å². The summed E-state index contributed by atoms with van der Waals surface area (Å²) < 4.78 is 13.6. The van der Waals surface area contributed by atoms with Gasteiger partial charge in [-0.2, -0.15) is 0 Å². The Morgan fingerprint density at radius 3 is 2.71 bits per heavy atom. The summed E-state index contributed by atoms with van der Waals surface area (Å²) in [4.78, 5) is 15.4. The molecule has 5 nitrogen and oxygen atoms in total. The minimum atomic E-state index is -0.414. The van der Waals surface area contributed by atoms with E-state index < -0.39 is 10.7 Å². The first kappa shape index (κ1) is 17.1. The Morgan fingerprint density at radius 1 is 1.25 bits per heavy atom. The molecule has 0 bridgehead atoms. The van der Waals surface area contributed by atoms with Gasteiger partial charge in [0, 0.05) is 31.8 Å². The van der Waals surface area contributed by atoms with Gasteiger partial charge in [-0.25, -0.2) is 4.39 Å². The predicted molar refractivity (Wildman–Crippen MR) is 92.8 cm³/mol. The average Bonchev–Trinajstić information content (AvgIpc) is 2.57. The lowest BCUT2D eigenvalue weighted by Crippen LogP contribution is -2.43. The third-order valence-electron chi connectivity index (χ3n) is 5.39. The largest absolute Gasteiger partial charge is 0.366 e. The molecule has 24 heavy (non-hydrogen) atoms. The maximum absolute atomic E-state index is 13.6. The van der Waals surface area contributed by atoms with Gasteiger partial charge in [0.05, 0.1) is 4.92 Å². The Morgan fingerprint density at radius 2 is 2.00 bits per heavy atom. The molecule has 3 rings (SSSR count). The van der Waals surface area contributed by atoms with Crippen LogP contribution in [0.1, 0.15) is 32.6 Å². The molecule has 2 saturated heterocycles. The molecule has 0 spiro atoms. The van der Waals surface area contributed by atoms with Gasteiger partial charge in [0.15, 0.2) is 0 Å². The van der Waals surface area contributed by atoms with Crippen LogP contribution in [0, 0.1) is 27.8 Å².